The number of hydrogen-bond donors (Lipinski definition) is 1. The van der Waals surface area contributed by atoms with E-state index in [2.05, 4.69) is 34.3 Å². The van der Waals surface area contributed by atoms with Crippen LogP contribution in [0.5, 0.6) is 0 Å². The molecule has 1 N–H and O–H groups in total. The van der Waals surface area contributed by atoms with Crippen molar-refractivity contribution in [3.63, 3.8) is 0 Å². The lowest BCUT2D eigenvalue weighted by atomic mass is 9.59. The minimum Gasteiger partial charge on any atom is -0.390 e. The van der Waals surface area contributed by atoms with E-state index in [0.29, 0.717) is 23.7 Å². The van der Waals surface area contributed by atoms with Crippen molar-refractivity contribution in [2.45, 2.75) is 89.3 Å². The maximum Gasteiger partial charge on any atom is 0.0945 e. The molecule has 1 unspecified atom stereocenters. The highest BCUT2D eigenvalue weighted by Gasteiger charge is 2.64. The molecule has 3 aliphatic heterocycles. The standard InChI is InChI=1S/C20H32O3/c1-11(2)13-7-6-12(3)16-14-10-20(5)15(21)8-9-19(4,23-20)18(22-14)17(13)16/h11,13-18,21H,3,6-10H2,1-2,4-5H3/t13?,14-,15+,16+,17+,18-,19-,20+/m1/s1. The van der Waals surface area contributed by atoms with Gasteiger partial charge in [0, 0.05) is 12.3 Å². The van der Waals surface area contributed by atoms with E-state index in [1.165, 1.54) is 12.0 Å². The van der Waals surface area contributed by atoms with Crippen LogP contribution in [-0.2, 0) is 9.47 Å². The second-order valence-electron chi connectivity index (χ2n) is 9.29. The summed E-state index contributed by atoms with van der Waals surface area (Å²) in [6, 6.07) is 0. The Labute approximate surface area is 140 Å². The predicted octanol–water partition coefficient (Wildman–Crippen LogP) is 3.70. The zero-order valence-electron chi connectivity index (χ0n) is 15.0. The van der Waals surface area contributed by atoms with E-state index in [1.54, 1.807) is 0 Å². The first-order chi connectivity index (χ1) is 10.8. The second-order valence-corrected chi connectivity index (χ2v) is 9.29. The lowest BCUT2D eigenvalue weighted by molar-refractivity contribution is -0.245. The molecule has 130 valence electrons. The second kappa shape index (κ2) is 5.06. The lowest BCUT2D eigenvalue weighted by Crippen LogP contribution is -2.60. The van der Waals surface area contributed by atoms with Crippen LogP contribution in [0.25, 0.3) is 0 Å². The molecular formula is C20H32O3. The first kappa shape index (κ1) is 16.1. The molecule has 0 aromatic heterocycles. The summed E-state index contributed by atoms with van der Waals surface area (Å²) in [6.45, 7) is 13.4. The van der Waals surface area contributed by atoms with Crippen LogP contribution in [-0.4, -0.2) is 34.6 Å². The molecule has 4 fully saturated rings. The van der Waals surface area contributed by atoms with Gasteiger partial charge < -0.3 is 14.6 Å². The fourth-order valence-corrected chi connectivity index (χ4v) is 6.20. The minimum absolute atomic E-state index is 0.149. The van der Waals surface area contributed by atoms with Crippen LogP contribution in [0.3, 0.4) is 0 Å². The van der Waals surface area contributed by atoms with Gasteiger partial charge in [-0.2, -0.15) is 0 Å². The van der Waals surface area contributed by atoms with Crippen LogP contribution in [0.2, 0.25) is 0 Å². The molecule has 23 heavy (non-hydrogen) atoms. The summed E-state index contributed by atoms with van der Waals surface area (Å²) < 4.78 is 13.2. The van der Waals surface area contributed by atoms with Crippen LogP contribution >= 0.6 is 0 Å². The minimum atomic E-state index is -0.470. The number of fused-ring (bicyclic) bond motifs is 8. The highest BCUT2D eigenvalue weighted by Crippen LogP contribution is 2.59. The van der Waals surface area contributed by atoms with E-state index >= 15 is 0 Å². The fraction of sp³-hybridized carbons (Fsp3) is 0.900. The van der Waals surface area contributed by atoms with Gasteiger partial charge in [-0.3, -0.25) is 0 Å². The lowest BCUT2D eigenvalue weighted by Gasteiger charge is -2.53. The molecule has 1 saturated carbocycles. The highest BCUT2D eigenvalue weighted by molar-refractivity contribution is 5.20. The van der Waals surface area contributed by atoms with Crippen LogP contribution in [0.1, 0.15) is 59.8 Å². The van der Waals surface area contributed by atoms with Gasteiger partial charge in [0.1, 0.15) is 0 Å². The maximum absolute atomic E-state index is 10.5. The first-order valence-electron chi connectivity index (χ1n) is 9.46. The smallest absolute Gasteiger partial charge is 0.0945 e. The van der Waals surface area contributed by atoms with Crippen molar-refractivity contribution >= 4 is 0 Å². The number of ether oxygens (including phenoxy) is 2. The zero-order chi connectivity index (χ0) is 16.6. The molecule has 0 radical (unpaired) electrons. The Morgan fingerprint density at radius 3 is 2.65 bits per heavy atom. The topological polar surface area (TPSA) is 38.7 Å². The number of aliphatic hydroxyl groups excluding tert-OH is 1. The van der Waals surface area contributed by atoms with Crippen molar-refractivity contribution in [3.05, 3.63) is 12.2 Å². The summed E-state index contributed by atoms with van der Waals surface area (Å²) in [6.07, 6.45) is 4.81. The summed E-state index contributed by atoms with van der Waals surface area (Å²) >= 11 is 0. The van der Waals surface area contributed by atoms with Crippen molar-refractivity contribution in [1.29, 1.82) is 0 Å². The number of rotatable bonds is 1. The third kappa shape index (κ3) is 2.19. The Balaban J connectivity index is 1.77. The highest BCUT2D eigenvalue weighted by atomic mass is 16.6. The summed E-state index contributed by atoms with van der Waals surface area (Å²) in [4.78, 5) is 0. The third-order valence-corrected chi connectivity index (χ3v) is 7.40. The predicted molar refractivity (Wildman–Crippen MR) is 90.1 cm³/mol. The summed E-state index contributed by atoms with van der Waals surface area (Å²) in [5, 5.41) is 10.5. The molecule has 4 bridgehead atoms. The van der Waals surface area contributed by atoms with Crippen molar-refractivity contribution in [2.24, 2.45) is 23.7 Å². The summed E-state index contributed by atoms with van der Waals surface area (Å²) in [5.41, 5.74) is 0.635. The van der Waals surface area contributed by atoms with Gasteiger partial charge >= 0.3 is 0 Å². The molecule has 0 aromatic carbocycles. The van der Waals surface area contributed by atoms with Crippen LogP contribution < -0.4 is 0 Å². The molecule has 3 heteroatoms. The normalized spacial score (nSPS) is 55.7. The van der Waals surface area contributed by atoms with Crippen molar-refractivity contribution < 1.29 is 14.6 Å². The molecule has 8 atom stereocenters. The fourth-order valence-electron chi connectivity index (χ4n) is 6.20. The van der Waals surface area contributed by atoms with E-state index < -0.39 is 5.60 Å². The Morgan fingerprint density at radius 1 is 1.22 bits per heavy atom. The molecule has 0 aromatic rings. The quantitative estimate of drug-likeness (QED) is 0.749. The number of aliphatic hydroxyl groups is 1. The summed E-state index contributed by atoms with van der Waals surface area (Å²) in [5.74, 6) is 2.35. The van der Waals surface area contributed by atoms with Gasteiger partial charge in [0.25, 0.3) is 0 Å². The largest absolute Gasteiger partial charge is 0.390 e. The molecule has 0 amide bonds. The molecule has 3 heterocycles. The Bertz CT molecular complexity index is 515. The third-order valence-electron chi connectivity index (χ3n) is 7.40. The molecule has 3 saturated heterocycles. The first-order valence-corrected chi connectivity index (χ1v) is 9.46. The van der Waals surface area contributed by atoms with Gasteiger partial charge in [-0.25, -0.2) is 0 Å². The van der Waals surface area contributed by atoms with Gasteiger partial charge in [0.15, 0.2) is 0 Å². The van der Waals surface area contributed by atoms with E-state index in [-0.39, 0.29) is 23.9 Å². The van der Waals surface area contributed by atoms with Gasteiger partial charge in [0.2, 0.25) is 0 Å². The van der Waals surface area contributed by atoms with E-state index in [4.69, 9.17) is 9.47 Å². The van der Waals surface area contributed by atoms with Gasteiger partial charge in [-0.05, 0) is 57.3 Å². The van der Waals surface area contributed by atoms with Gasteiger partial charge in [0.05, 0.1) is 29.5 Å². The Kier molecular flexibility index (Phi) is 3.54. The summed E-state index contributed by atoms with van der Waals surface area (Å²) in [7, 11) is 0. The van der Waals surface area contributed by atoms with Crippen molar-refractivity contribution in [3.8, 4) is 0 Å². The molecule has 3 nitrogen and oxygen atoms in total. The molecule has 1 aliphatic carbocycles. The molecule has 4 rings (SSSR count). The maximum atomic E-state index is 10.5. The van der Waals surface area contributed by atoms with E-state index in [1.807, 2.05) is 0 Å². The van der Waals surface area contributed by atoms with E-state index in [9.17, 15) is 5.11 Å². The molecule has 0 spiro atoms. The molecular weight excluding hydrogens is 288 g/mol. The monoisotopic (exact) mass is 320 g/mol. The van der Waals surface area contributed by atoms with E-state index in [0.717, 1.165) is 25.7 Å². The Morgan fingerprint density at radius 2 is 1.96 bits per heavy atom. The van der Waals surface area contributed by atoms with Gasteiger partial charge in [-0.15, -0.1) is 0 Å². The SMILES string of the molecule is C=C1CCC(C(C)C)[C@H]2[C@@H]1[C@H]1C[C@]3(C)O[C@](C)(CC[C@@H]3O)[C@@H]2O1. The average Bonchev–Trinajstić information content (AvgIpc) is 2.79. The van der Waals surface area contributed by atoms with Crippen LogP contribution in [0, 0.1) is 23.7 Å². The zero-order valence-corrected chi connectivity index (χ0v) is 15.0. The van der Waals surface area contributed by atoms with Crippen LogP contribution in [0.4, 0.5) is 0 Å². The van der Waals surface area contributed by atoms with Crippen molar-refractivity contribution in [2.75, 3.05) is 0 Å². The number of hydrogen-bond acceptors (Lipinski definition) is 3. The Hall–Kier alpha value is -0.380. The average molecular weight is 320 g/mol. The van der Waals surface area contributed by atoms with Crippen LogP contribution in [0.15, 0.2) is 12.2 Å². The molecule has 4 aliphatic rings. The van der Waals surface area contributed by atoms with Crippen molar-refractivity contribution in [1.82, 2.24) is 0 Å². The van der Waals surface area contributed by atoms with Gasteiger partial charge in [-0.1, -0.05) is 26.0 Å².